The maximum atomic E-state index is 10.8. The van der Waals surface area contributed by atoms with Gasteiger partial charge in [0.1, 0.15) is 5.82 Å². The monoisotopic (exact) mass is 343 g/mol. The summed E-state index contributed by atoms with van der Waals surface area (Å²) < 4.78 is 0. The summed E-state index contributed by atoms with van der Waals surface area (Å²) in [6, 6.07) is 10.1. The highest BCUT2D eigenvalue weighted by Crippen LogP contribution is 2.30. The molecule has 0 saturated carbocycles. The van der Waals surface area contributed by atoms with Crippen LogP contribution in [-0.4, -0.2) is 36.1 Å². The van der Waals surface area contributed by atoms with Crippen molar-refractivity contribution >= 4 is 28.8 Å². The van der Waals surface area contributed by atoms with Gasteiger partial charge in [0.05, 0.1) is 27.3 Å². The van der Waals surface area contributed by atoms with Crippen LogP contribution in [0.5, 0.6) is 0 Å². The lowest BCUT2D eigenvalue weighted by atomic mass is 10.2. The molecule has 0 spiro atoms. The summed E-state index contributed by atoms with van der Waals surface area (Å²) in [7, 11) is 0. The summed E-state index contributed by atoms with van der Waals surface area (Å²) in [6.45, 7) is 2.90. The molecular formula is C16H14ClN5O2. The molecule has 1 aromatic carbocycles. The predicted molar refractivity (Wildman–Crippen MR) is 91.5 cm³/mol. The maximum Gasteiger partial charge on any atom is 0.271 e. The molecule has 24 heavy (non-hydrogen) atoms. The molecule has 1 aliphatic heterocycles. The van der Waals surface area contributed by atoms with E-state index in [0.29, 0.717) is 10.6 Å². The van der Waals surface area contributed by atoms with Gasteiger partial charge in [-0.25, -0.2) is 4.98 Å². The van der Waals surface area contributed by atoms with Crippen LogP contribution in [0.4, 0.5) is 17.2 Å². The van der Waals surface area contributed by atoms with E-state index in [1.54, 1.807) is 24.4 Å². The van der Waals surface area contributed by atoms with E-state index in [2.05, 4.69) is 20.9 Å². The number of non-ortho nitro benzene ring substituents is 1. The molecule has 0 bridgehead atoms. The molecule has 7 nitrogen and oxygen atoms in total. The molecule has 2 aromatic rings. The number of hydrogen-bond donors (Lipinski definition) is 0. The van der Waals surface area contributed by atoms with Gasteiger partial charge in [0.2, 0.25) is 0 Å². The van der Waals surface area contributed by atoms with E-state index in [4.69, 9.17) is 16.9 Å². The number of nitro benzene ring substituents is 1. The van der Waals surface area contributed by atoms with Gasteiger partial charge in [-0.1, -0.05) is 11.6 Å². The van der Waals surface area contributed by atoms with E-state index in [9.17, 15) is 10.1 Å². The predicted octanol–water partition coefficient (Wildman–Crippen LogP) is 2.84. The highest BCUT2D eigenvalue weighted by Gasteiger charge is 2.21. The Morgan fingerprint density at radius 1 is 1.17 bits per heavy atom. The quantitative estimate of drug-likeness (QED) is 0.629. The zero-order chi connectivity index (χ0) is 17.1. The number of benzene rings is 1. The standard InChI is InChI=1S/C16H14ClN5O2/c17-14-10-13(22(23)24)1-2-15(14)20-5-7-21(8-6-20)16-9-12(11-18)3-4-19-16/h1-4,9-10H,5-8H2. The molecule has 0 radical (unpaired) electrons. The third-order valence-electron chi connectivity index (χ3n) is 3.96. The molecule has 0 aliphatic carbocycles. The Labute approximate surface area is 143 Å². The Morgan fingerprint density at radius 3 is 2.50 bits per heavy atom. The Kier molecular flexibility index (Phi) is 4.49. The first-order chi connectivity index (χ1) is 11.6. The number of halogens is 1. The summed E-state index contributed by atoms with van der Waals surface area (Å²) in [6.07, 6.45) is 1.63. The van der Waals surface area contributed by atoms with Crippen molar-refractivity contribution in [2.24, 2.45) is 0 Å². The molecule has 8 heteroatoms. The van der Waals surface area contributed by atoms with Crippen LogP contribution >= 0.6 is 11.6 Å². The number of piperazine rings is 1. The van der Waals surface area contributed by atoms with E-state index in [0.717, 1.165) is 37.7 Å². The van der Waals surface area contributed by atoms with Crippen LogP contribution < -0.4 is 9.80 Å². The molecule has 1 fully saturated rings. The van der Waals surface area contributed by atoms with Crippen LogP contribution in [0.25, 0.3) is 0 Å². The highest BCUT2D eigenvalue weighted by molar-refractivity contribution is 6.33. The second-order valence-corrected chi connectivity index (χ2v) is 5.79. The van der Waals surface area contributed by atoms with Crippen LogP contribution in [-0.2, 0) is 0 Å². The fraction of sp³-hybridized carbons (Fsp3) is 0.250. The number of nitriles is 1. The third-order valence-corrected chi connectivity index (χ3v) is 4.26. The van der Waals surface area contributed by atoms with Crippen LogP contribution in [0.3, 0.4) is 0 Å². The summed E-state index contributed by atoms with van der Waals surface area (Å²) in [5, 5.41) is 20.1. The number of hydrogen-bond acceptors (Lipinski definition) is 6. The number of nitro groups is 1. The zero-order valence-corrected chi connectivity index (χ0v) is 13.5. The SMILES string of the molecule is N#Cc1ccnc(N2CCN(c3ccc([N+](=O)[O-])cc3Cl)CC2)c1. The molecule has 0 atom stereocenters. The Morgan fingerprint density at radius 2 is 1.88 bits per heavy atom. The average Bonchev–Trinajstić information content (AvgIpc) is 2.62. The van der Waals surface area contributed by atoms with Crippen molar-refractivity contribution < 1.29 is 4.92 Å². The van der Waals surface area contributed by atoms with Gasteiger partial charge >= 0.3 is 0 Å². The van der Waals surface area contributed by atoms with Gasteiger partial charge in [0.15, 0.2) is 0 Å². The van der Waals surface area contributed by atoms with Crippen molar-refractivity contribution in [3.05, 3.63) is 57.2 Å². The first-order valence-corrected chi connectivity index (χ1v) is 7.76. The van der Waals surface area contributed by atoms with Crippen molar-refractivity contribution in [3.63, 3.8) is 0 Å². The lowest BCUT2D eigenvalue weighted by Crippen LogP contribution is -2.47. The minimum Gasteiger partial charge on any atom is -0.367 e. The topological polar surface area (TPSA) is 86.3 Å². The van der Waals surface area contributed by atoms with Crippen LogP contribution in [0.2, 0.25) is 5.02 Å². The molecule has 0 amide bonds. The van der Waals surface area contributed by atoms with Gasteiger partial charge < -0.3 is 9.80 Å². The first kappa shape index (κ1) is 16.0. The number of aromatic nitrogens is 1. The van der Waals surface area contributed by atoms with Crippen molar-refractivity contribution in [1.82, 2.24) is 4.98 Å². The molecule has 1 saturated heterocycles. The summed E-state index contributed by atoms with van der Waals surface area (Å²) >= 11 is 6.19. The maximum absolute atomic E-state index is 10.8. The van der Waals surface area contributed by atoms with Gasteiger partial charge in [-0.15, -0.1) is 0 Å². The van der Waals surface area contributed by atoms with Gasteiger partial charge in [0, 0.05) is 44.5 Å². The van der Waals surface area contributed by atoms with Gasteiger partial charge in [-0.3, -0.25) is 10.1 Å². The number of nitrogens with zero attached hydrogens (tertiary/aromatic N) is 5. The number of pyridine rings is 1. The molecular weight excluding hydrogens is 330 g/mol. The van der Waals surface area contributed by atoms with Crippen molar-refractivity contribution in [3.8, 4) is 6.07 Å². The minimum atomic E-state index is -0.457. The molecule has 1 aromatic heterocycles. The summed E-state index contributed by atoms with van der Waals surface area (Å²) in [5.74, 6) is 0.781. The first-order valence-electron chi connectivity index (χ1n) is 7.38. The van der Waals surface area contributed by atoms with Crippen molar-refractivity contribution in [2.45, 2.75) is 0 Å². The Hall–Kier alpha value is -2.85. The number of anilines is 2. The molecule has 1 aliphatic rings. The van der Waals surface area contributed by atoms with Crippen LogP contribution in [0.15, 0.2) is 36.5 Å². The molecule has 122 valence electrons. The highest BCUT2D eigenvalue weighted by atomic mass is 35.5. The summed E-state index contributed by atoms with van der Waals surface area (Å²) in [5.41, 5.74) is 1.36. The fourth-order valence-electron chi connectivity index (χ4n) is 2.70. The van der Waals surface area contributed by atoms with Crippen molar-refractivity contribution in [2.75, 3.05) is 36.0 Å². The third kappa shape index (κ3) is 3.24. The van der Waals surface area contributed by atoms with Crippen LogP contribution in [0, 0.1) is 21.4 Å². The minimum absolute atomic E-state index is 0.0140. The molecule has 0 unspecified atom stereocenters. The van der Waals surface area contributed by atoms with Gasteiger partial charge in [-0.05, 0) is 18.2 Å². The largest absolute Gasteiger partial charge is 0.367 e. The molecule has 0 N–H and O–H groups in total. The normalized spacial score (nSPS) is 14.3. The number of rotatable bonds is 3. The Balaban J connectivity index is 1.71. The van der Waals surface area contributed by atoms with E-state index < -0.39 is 4.92 Å². The lowest BCUT2D eigenvalue weighted by Gasteiger charge is -2.37. The van der Waals surface area contributed by atoms with E-state index in [1.807, 2.05) is 0 Å². The van der Waals surface area contributed by atoms with E-state index >= 15 is 0 Å². The molecule has 3 rings (SSSR count). The van der Waals surface area contributed by atoms with Gasteiger partial charge in [-0.2, -0.15) is 5.26 Å². The van der Waals surface area contributed by atoms with Gasteiger partial charge in [0.25, 0.3) is 5.69 Å². The smallest absolute Gasteiger partial charge is 0.271 e. The average molecular weight is 344 g/mol. The van der Waals surface area contributed by atoms with E-state index in [-0.39, 0.29) is 5.69 Å². The Bertz CT molecular complexity index is 812. The zero-order valence-electron chi connectivity index (χ0n) is 12.7. The molecule has 2 heterocycles. The summed E-state index contributed by atoms with van der Waals surface area (Å²) in [4.78, 5) is 18.8. The lowest BCUT2D eigenvalue weighted by molar-refractivity contribution is -0.384. The fourth-order valence-corrected chi connectivity index (χ4v) is 3.00. The van der Waals surface area contributed by atoms with Crippen LogP contribution in [0.1, 0.15) is 5.56 Å². The van der Waals surface area contributed by atoms with E-state index in [1.165, 1.54) is 12.1 Å². The second kappa shape index (κ2) is 6.72. The van der Waals surface area contributed by atoms with Crippen molar-refractivity contribution in [1.29, 1.82) is 5.26 Å². The second-order valence-electron chi connectivity index (χ2n) is 5.38.